The second-order valence-electron chi connectivity index (χ2n) is 5.23. The molecule has 0 saturated carbocycles. The molecule has 19 heavy (non-hydrogen) atoms. The lowest BCUT2D eigenvalue weighted by Gasteiger charge is -2.17. The summed E-state index contributed by atoms with van der Waals surface area (Å²) in [6, 6.07) is 7.58. The van der Waals surface area contributed by atoms with Gasteiger partial charge in [0.1, 0.15) is 11.4 Å². The highest BCUT2D eigenvalue weighted by Gasteiger charge is 2.38. The lowest BCUT2D eigenvalue weighted by molar-refractivity contribution is -0.626. The lowest BCUT2D eigenvalue weighted by Crippen LogP contribution is -2.41. The second kappa shape index (κ2) is 3.78. The highest BCUT2D eigenvalue weighted by Crippen LogP contribution is 2.41. The van der Waals surface area contributed by atoms with E-state index in [0.717, 1.165) is 52.9 Å². The number of fused-ring (bicyclic) bond motifs is 4. The Morgan fingerprint density at radius 3 is 2.89 bits per heavy atom. The first-order valence-corrected chi connectivity index (χ1v) is 6.70. The lowest BCUT2D eigenvalue weighted by atomic mass is 9.99. The van der Waals surface area contributed by atoms with E-state index in [9.17, 15) is 10.3 Å². The molecular formula is C15H14N2O2. The molecule has 1 N–H and O–H groups in total. The molecule has 0 fully saturated rings. The molecule has 2 aliphatic carbocycles. The van der Waals surface area contributed by atoms with Gasteiger partial charge in [-0.15, -0.1) is 0 Å². The number of aliphatic hydroxyl groups is 1. The molecule has 2 aliphatic rings. The summed E-state index contributed by atoms with van der Waals surface area (Å²) in [7, 11) is 0. The summed E-state index contributed by atoms with van der Waals surface area (Å²) in [6.45, 7) is 0. The molecule has 4 nitrogen and oxygen atoms in total. The van der Waals surface area contributed by atoms with Crippen LogP contribution < -0.4 is 4.73 Å². The zero-order valence-electron chi connectivity index (χ0n) is 10.5. The molecule has 0 amide bonds. The minimum atomic E-state index is -0.844. The minimum Gasteiger partial charge on any atom is -0.618 e. The van der Waals surface area contributed by atoms with E-state index >= 15 is 0 Å². The standard InChI is InChI=1S/C15H14N2O2/c18-15-10-6-2-1-5-9(10)13-14(15)17(19)12-8-4-3-7-11(12)16-13/h1-2,5-6,15,18H,3-4,7-8H2. The zero-order chi connectivity index (χ0) is 13.0. The smallest absolute Gasteiger partial charge is 0.252 e. The van der Waals surface area contributed by atoms with E-state index in [-0.39, 0.29) is 0 Å². The first kappa shape index (κ1) is 10.9. The Hall–Kier alpha value is -1.94. The van der Waals surface area contributed by atoms with Gasteiger partial charge in [0.2, 0.25) is 5.69 Å². The topological polar surface area (TPSA) is 60.1 Å². The van der Waals surface area contributed by atoms with Gasteiger partial charge < -0.3 is 10.3 Å². The van der Waals surface area contributed by atoms with Crippen LogP contribution in [-0.4, -0.2) is 10.1 Å². The van der Waals surface area contributed by atoms with Gasteiger partial charge in [0.15, 0.2) is 6.10 Å². The van der Waals surface area contributed by atoms with E-state index in [1.165, 1.54) is 0 Å². The van der Waals surface area contributed by atoms with E-state index in [1.54, 1.807) is 0 Å². The van der Waals surface area contributed by atoms with E-state index in [2.05, 4.69) is 4.98 Å². The molecule has 1 aromatic carbocycles. The van der Waals surface area contributed by atoms with Crippen molar-refractivity contribution in [1.82, 2.24) is 4.98 Å². The maximum absolute atomic E-state index is 12.5. The Morgan fingerprint density at radius 1 is 1.21 bits per heavy atom. The number of benzene rings is 1. The maximum atomic E-state index is 12.5. The van der Waals surface area contributed by atoms with Crippen molar-refractivity contribution in [3.8, 4) is 11.3 Å². The van der Waals surface area contributed by atoms with E-state index in [1.807, 2.05) is 24.3 Å². The molecule has 4 heteroatoms. The van der Waals surface area contributed by atoms with Crippen molar-refractivity contribution in [1.29, 1.82) is 0 Å². The Labute approximate surface area is 110 Å². The van der Waals surface area contributed by atoms with Crippen LogP contribution in [0.1, 0.15) is 41.6 Å². The second-order valence-corrected chi connectivity index (χ2v) is 5.23. The molecule has 0 bridgehead atoms. The summed E-state index contributed by atoms with van der Waals surface area (Å²) in [5.74, 6) is 0. The van der Waals surface area contributed by atoms with Crippen LogP contribution in [0.15, 0.2) is 24.3 Å². The van der Waals surface area contributed by atoms with Crippen molar-refractivity contribution in [2.24, 2.45) is 0 Å². The molecule has 0 aliphatic heterocycles. The van der Waals surface area contributed by atoms with Crippen molar-refractivity contribution in [2.45, 2.75) is 31.8 Å². The van der Waals surface area contributed by atoms with Crippen molar-refractivity contribution < 1.29 is 9.84 Å². The number of rotatable bonds is 0. The largest absolute Gasteiger partial charge is 0.618 e. The Bertz CT molecular complexity index is 682. The van der Waals surface area contributed by atoms with Crippen LogP contribution in [0.5, 0.6) is 0 Å². The van der Waals surface area contributed by atoms with Gasteiger partial charge in [-0.05, 0) is 19.3 Å². The van der Waals surface area contributed by atoms with Crippen LogP contribution >= 0.6 is 0 Å². The summed E-state index contributed by atoms with van der Waals surface area (Å²) < 4.78 is 0.932. The number of aryl methyl sites for hydroxylation is 1. The molecule has 1 unspecified atom stereocenters. The highest BCUT2D eigenvalue weighted by molar-refractivity contribution is 5.72. The molecule has 0 spiro atoms. The monoisotopic (exact) mass is 254 g/mol. The third-order valence-electron chi connectivity index (χ3n) is 4.13. The molecule has 4 rings (SSSR count). The predicted molar refractivity (Wildman–Crippen MR) is 69.3 cm³/mol. The average molecular weight is 254 g/mol. The van der Waals surface area contributed by atoms with E-state index < -0.39 is 6.10 Å². The zero-order valence-corrected chi connectivity index (χ0v) is 10.5. The fourth-order valence-electron chi connectivity index (χ4n) is 3.18. The van der Waals surface area contributed by atoms with Gasteiger partial charge in [-0.1, -0.05) is 24.3 Å². The molecule has 1 aromatic heterocycles. The van der Waals surface area contributed by atoms with Gasteiger partial charge in [0.05, 0.1) is 0 Å². The molecule has 1 heterocycles. The summed E-state index contributed by atoms with van der Waals surface area (Å²) in [5.41, 5.74) is 4.40. The Morgan fingerprint density at radius 2 is 2.00 bits per heavy atom. The summed E-state index contributed by atoms with van der Waals surface area (Å²) in [5, 5.41) is 22.9. The normalized spacial score (nSPS) is 19.7. The van der Waals surface area contributed by atoms with Crippen molar-refractivity contribution >= 4 is 0 Å². The van der Waals surface area contributed by atoms with Crippen molar-refractivity contribution in [3.63, 3.8) is 0 Å². The summed E-state index contributed by atoms with van der Waals surface area (Å²) >= 11 is 0. The Kier molecular flexibility index (Phi) is 2.17. The van der Waals surface area contributed by atoms with Gasteiger partial charge >= 0.3 is 0 Å². The van der Waals surface area contributed by atoms with Gasteiger partial charge in [-0.25, -0.2) is 4.98 Å². The van der Waals surface area contributed by atoms with Crippen LogP contribution in [0.25, 0.3) is 11.3 Å². The van der Waals surface area contributed by atoms with Gasteiger partial charge in [-0.3, -0.25) is 0 Å². The number of aromatic nitrogens is 2. The average Bonchev–Trinajstić information content (AvgIpc) is 2.74. The third kappa shape index (κ3) is 1.37. The highest BCUT2D eigenvalue weighted by atomic mass is 16.5. The molecule has 0 saturated heterocycles. The van der Waals surface area contributed by atoms with Gasteiger partial charge in [0, 0.05) is 17.5 Å². The Balaban J connectivity index is 2.03. The summed E-state index contributed by atoms with van der Waals surface area (Å²) in [6.07, 6.45) is 2.90. The fourth-order valence-corrected chi connectivity index (χ4v) is 3.18. The molecule has 0 radical (unpaired) electrons. The molecule has 1 atom stereocenters. The van der Waals surface area contributed by atoms with Gasteiger partial charge in [0.25, 0.3) is 5.69 Å². The first-order valence-electron chi connectivity index (χ1n) is 6.70. The molecular weight excluding hydrogens is 240 g/mol. The van der Waals surface area contributed by atoms with Crippen LogP contribution in [0.3, 0.4) is 0 Å². The van der Waals surface area contributed by atoms with Gasteiger partial charge in [-0.2, -0.15) is 4.73 Å². The van der Waals surface area contributed by atoms with E-state index in [4.69, 9.17) is 0 Å². The minimum absolute atomic E-state index is 0.404. The SMILES string of the molecule is [O-][n+]1c2c(nc3c1C(O)c1ccccc1-3)CCCC2. The van der Waals surface area contributed by atoms with E-state index in [0.29, 0.717) is 11.4 Å². The number of nitrogens with zero attached hydrogens (tertiary/aromatic N) is 2. The van der Waals surface area contributed by atoms with Crippen LogP contribution in [0.4, 0.5) is 0 Å². The first-order chi connectivity index (χ1) is 9.27. The van der Waals surface area contributed by atoms with Crippen LogP contribution in [0.2, 0.25) is 0 Å². The predicted octanol–water partition coefficient (Wildman–Crippen LogP) is 1.66. The number of aliphatic hydroxyl groups excluding tert-OH is 1. The molecule has 2 aromatic rings. The van der Waals surface area contributed by atoms with Crippen molar-refractivity contribution in [3.05, 3.63) is 52.1 Å². The maximum Gasteiger partial charge on any atom is 0.252 e. The fraction of sp³-hybridized carbons (Fsp3) is 0.333. The van der Waals surface area contributed by atoms with Crippen LogP contribution in [-0.2, 0) is 12.8 Å². The molecule has 96 valence electrons. The summed E-state index contributed by atoms with van der Waals surface area (Å²) in [4.78, 5) is 4.67. The third-order valence-corrected chi connectivity index (χ3v) is 4.13. The van der Waals surface area contributed by atoms with Crippen LogP contribution in [0, 0.1) is 5.21 Å². The quantitative estimate of drug-likeness (QED) is 0.574. The van der Waals surface area contributed by atoms with Crippen molar-refractivity contribution in [2.75, 3.05) is 0 Å². The number of hydrogen-bond donors (Lipinski definition) is 1. The number of hydrogen-bond acceptors (Lipinski definition) is 3.